The second-order valence-corrected chi connectivity index (χ2v) is 5.74. The van der Waals surface area contributed by atoms with Crippen molar-refractivity contribution in [1.82, 2.24) is 19.7 Å². The summed E-state index contributed by atoms with van der Waals surface area (Å²) < 4.78 is 6.80. The normalized spacial score (nSPS) is 11.0. The highest BCUT2D eigenvalue weighted by atomic mass is 16.5. The number of aryl methyl sites for hydroxylation is 1. The van der Waals surface area contributed by atoms with Crippen LogP contribution < -0.4 is 0 Å². The molecule has 0 amide bonds. The van der Waals surface area contributed by atoms with Crippen molar-refractivity contribution in [3.05, 3.63) is 60.3 Å². The van der Waals surface area contributed by atoms with Gasteiger partial charge in [-0.1, -0.05) is 18.2 Å². The highest BCUT2D eigenvalue weighted by Gasteiger charge is 2.13. The van der Waals surface area contributed by atoms with E-state index in [9.17, 15) is 4.79 Å². The number of methoxy groups -OCH3 is 1. The molecule has 0 aliphatic rings. The summed E-state index contributed by atoms with van der Waals surface area (Å²) >= 11 is 0. The molecular formula is C19H16N4O2. The standard InChI is InChI=1S/C19H16N4O2/c1-23-17-7-6-14(19(24)25-2)11-16(17)21-18(23)13-5-3-4-12(10-13)15-8-9-20-22-15/h3-11H,1-2H3,(H,20,22). The van der Waals surface area contributed by atoms with Gasteiger partial charge < -0.3 is 9.30 Å². The topological polar surface area (TPSA) is 72.8 Å². The van der Waals surface area contributed by atoms with Gasteiger partial charge in [-0.15, -0.1) is 0 Å². The van der Waals surface area contributed by atoms with Crippen molar-refractivity contribution in [2.45, 2.75) is 0 Å². The van der Waals surface area contributed by atoms with Gasteiger partial charge in [0.05, 0.1) is 29.4 Å². The first-order valence-corrected chi connectivity index (χ1v) is 7.82. The highest BCUT2D eigenvalue weighted by Crippen LogP contribution is 2.27. The Bertz CT molecular complexity index is 1060. The van der Waals surface area contributed by atoms with E-state index in [1.54, 1.807) is 18.3 Å². The third-order valence-corrected chi connectivity index (χ3v) is 4.23. The fourth-order valence-corrected chi connectivity index (χ4v) is 2.95. The van der Waals surface area contributed by atoms with E-state index in [0.29, 0.717) is 5.56 Å². The molecule has 0 saturated carbocycles. The Hall–Kier alpha value is -3.41. The van der Waals surface area contributed by atoms with Gasteiger partial charge in [-0.3, -0.25) is 5.10 Å². The number of fused-ring (bicyclic) bond motifs is 1. The molecule has 6 heteroatoms. The minimum atomic E-state index is -0.365. The predicted octanol–water partition coefficient (Wildman–Crippen LogP) is 3.42. The van der Waals surface area contributed by atoms with Crippen molar-refractivity contribution < 1.29 is 9.53 Å². The number of rotatable bonds is 3. The Labute approximate surface area is 144 Å². The van der Waals surface area contributed by atoms with Crippen LogP contribution in [-0.2, 0) is 11.8 Å². The molecule has 2 heterocycles. The SMILES string of the molecule is COC(=O)c1ccc2c(c1)nc(-c1cccc(-c3ccn[nH]3)c1)n2C. The summed E-state index contributed by atoms with van der Waals surface area (Å²) in [6.07, 6.45) is 1.73. The maximum atomic E-state index is 11.7. The molecule has 4 rings (SSSR count). The van der Waals surface area contributed by atoms with E-state index in [1.807, 2.05) is 41.9 Å². The van der Waals surface area contributed by atoms with Crippen LogP contribution in [0.1, 0.15) is 10.4 Å². The van der Waals surface area contributed by atoms with Crippen LogP contribution in [0.4, 0.5) is 0 Å². The zero-order chi connectivity index (χ0) is 17.4. The van der Waals surface area contributed by atoms with E-state index in [-0.39, 0.29) is 5.97 Å². The lowest BCUT2D eigenvalue weighted by molar-refractivity contribution is 0.0601. The molecule has 0 atom stereocenters. The number of H-pyrrole nitrogens is 1. The fraction of sp³-hybridized carbons (Fsp3) is 0.105. The number of nitrogens with zero attached hydrogens (tertiary/aromatic N) is 3. The maximum absolute atomic E-state index is 11.7. The molecule has 0 unspecified atom stereocenters. The van der Waals surface area contributed by atoms with E-state index in [2.05, 4.69) is 16.3 Å². The van der Waals surface area contributed by atoms with Crippen LogP contribution in [0.5, 0.6) is 0 Å². The van der Waals surface area contributed by atoms with Crippen molar-refractivity contribution >= 4 is 17.0 Å². The Morgan fingerprint density at radius 2 is 1.96 bits per heavy atom. The minimum Gasteiger partial charge on any atom is -0.465 e. The maximum Gasteiger partial charge on any atom is 0.337 e. The first-order chi connectivity index (χ1) is 12.2. The average Bonchev–Trinajstić information content (AvgIpc) is 3.29. The molecule has 0 spiro atoms. The Morgan fingerprint density at radius 1 is 1.12 bits per heavy atom. The van der Waals surface area contributed by atoms with Gasteiger partial charge in [0.25, 0.3) is 0 Å². The van der Waals surface area contributed by atoms with Gasteiger partial charge in [0.1, 0.15) is 5.82 Å². The Kier molecular flexibility index (Phi) is 3.57. The van der Waals surface area contributed by atoms with Crippen molar-refractivity contribution in [3.63, 3.8) is 0 Å². The molecule has 0 aliphatic carbocycles. The van der Waals surface area contributed by atoms with Crippen LogP contribution in [0.25, 0.3) is 33.7 Å². The molecule has 0 saturated heterocycles. The number of carbonyl (C=O) groups excluding carboxylic acids is 1. The van der Waals surface area contributed by atoms with Crippen LogP contribution in [-0.4, -0.2) is 32.8 Å². The zero-order valence-corrected chi connectivity index (χ0v) is 13.9. The number of esters is 1. The minimum absolute atomic E-state index is 0.365. The lowest BCUT2D eigenvalue weighted by atomic mass is 10.1. The van der Waals surface area contributed by atoms with Gasteiger partial charge in [0.2, 0.25) is 0 Å². The average molecular weight is 332 g/mol. The predicted molar refractivity (Wildman–Crippen MR) is 95.1 cm³/mol. The zero-order valence-electron chi connectivity index (χ0n) is 13.9. The Balaban J connectivity index is 1.83. The highest BCUT2D eigenvalue weighted by molar-refractivity contribution is 5.94. The number of hydrogen-bond acceptors (Lipinski definition) is 4. The van der Waals surface area contributed by atoms with Crippen LogP contribution in [0.3, 0.4) is 0 Å². The summed E-state index contributed by atoms with van der Waals surface area (Å²) in [4.78, 5) is 16.4. The van der Waals surface area contributed by atoms with Crippen LogP contribution in [0, 0.1) is 0 Å². The molecule has 0 radical (unpaired) electrons. The number of aromatic amines is 1. The van der Waals surface area contributed by atoms with Crippen molar-refractivity contribution in [1.29, 1.82) is 0 Å². The summed E-state index contributed by atoms with van der Waals surface area (Å²) in [7, 11) is 3.34. The van der Waals surface area contributed by atoms with E-state index < -0.39 is 0 Å². The molecule has 0 bridgehead atoms. The van der Waals surface area contributed by atoms with Crippen LogP contribution >= 0.6 is 0 Å². The molecule has 25 heavy (non-hydrogen) atoms. The van der Waals surface area contributed by atoms with Crippen LogP contribution in [0.15, 0.2) is 54.7 Å². The van der Waals surface area contributed by atoms with E-state index in [1.165, 1.54) is 7.11 Å². The molecule has 2 aromatic carbocycles. The molecule has 6 nitrogen and oxygen atoms in total. The van der Waals surface area contributed by atoms with E-state index >= 15 is 0 Å². The van der Waals surface area contributed by atoms with E-state index in [0.717, 1.165) is 33.7 Å². The van der Waals surface area contributed by atoms with Gasteiger partial charge in [0, 0.05) is 24.4 Å². The molecular weight excluding hydrogens is 316 g/mol. The third kappa shape index (κ3) is 2.57. The van der Waals surface area contributed by atoms with Crippen LogP contribution in [0.2, 0.25) is 0 Å². The van der Waals surface area contributed by atoms with Crippen molar-refractivity contribution in [2.24, 2.45) is 7.05 Å². The number of nitrogens with one attached hydrogen (secondary N) is 1. The lowest BCUT2D eigenvalue weighted by Gasteiger charge is -2.05. The third-order valence-electron chi connectivity index (χ3n) is 4.23. The number of aromatic nitrogens is 4. The first-order valence-electron chi connectivity index (χ1n) is 7.82. The van der Waals surface area contributed by atoms with E-state index in [4.69, 9.17) is 9.72 Å². The second-order valence-electron chi connectivity index (χ2n) is 5.74. The van der Waals surface area contributed by atoms with Gasteiger partial charge in [-0.2, -0.15) is 5.10 Å². The summed E-state index contributed by atoms with van der Waals surface area (Å²) in [5.74, 6) is 0.466. The van der Waals surface area contributed by atoms with Gasteiger partial charge in [-0.25, -0.2) is 9.78 Å². The molecule has 124 valence electrons. The molecule has 1 N–H and O–H groups in total. The molecule has 0 aliphatic heterocycles. The lowest BCUT2D eigenvalue weighted by Crippen LogP contribution is -2.00. The van der Waals surface area contributed by atoms with Gasteiger partial charge >= 0.3 is 5.97 Å². The molecule has 4 aromatic rings. The number of benzene rings is 2. The second kappa shape index (κ2) is 5.90. The van der Waals surface area contributed by atoms with Crippen molar-refractivity contribution in [2.75, 3.05) is 7.11 Å². The smallest absolute Gasteiger partial charge is 0.337 e. The molecule has 0 fully saturated rings. The summed E-state index contributed by atoms with van der Waals surface area (Å²) in [5.41, 5.74) is 5.18. The summed E-state index contributed by atoms with van der Waals surface area (Å²) in [5, 5.41) is 6.97. The summed E-state index contributed by atoms with van der Waals surface area (Å²) in [6, 6.07) is 15.4. The fourth-order valence-electron chi connectivity index (χ4n) is 2.95. The summed E-state index contributed by atoms with van der Waals surface area (Å²) in [6.45, 7) is 0. The monoisotopic (exact) mass is 332 g/mol. The number of ether oxygens (including phenoxy) is 1. The number of hydrogen-bond donors (Lipinski definition) is 1. The first kappa shape index (κ1) is 15.1. The number of imidazole rings is 1. The number of carbonyl (C=O) groups is 1. The van der Waals surface area contributed by atoms with Gasteiger partial charge in [0.15, 0.2) is 0 Å². The Morgan fingerprint density at radius 3 is 2.72 bits per heavy atom. The quantitative estimate of drug-likeness (QED) is 0.584. The largest absolute Gasteiger partial charge is 0.465 e. The van der Waals surface area contributed by atoms with Crippen molar-refractivity contribution in [3.8, 4) is 22.6 Å². The van der Waals surface area contributed by atoms with Gasteiger partial charge in [-0.05, 0) is 30.3 Å². The molecule has 2 aromatic heterocycles.